The second-order valence-corrected chi connectivity index (χ2v) is 7.11. The van der Waals surface area contributed by atoms with Gasteiger partial charge in [-0.1, -0.05) is 17.6 Å². The standard InChI is InChI=1S/C19H23N5O4/c1-11-16(18(26)28-13-6-4-3-5-7-13)17(24-19(20-11)21-22-23-24)12-8-9-14(25)15(10-12)27-2/h8-10,13,17,25H,3-7H2,1-2H3,(H,20,21,23)/t17-/m0/s1. The van der Waals surface area contributed by atoms with Crippen LogP contribution in [0.3, 0.4) is 0 Å². The number of nitrogens with zero attached hydrogens (tertiary/aromatic N) is 4. The SMILES string of the molecule is COc1cc([C@H]2C(C(=O)OC3CCCCC3)=C(C)Nc3nnnn32)ccc1O. The smallest absolute Gasteiger partial charge is 0.338 e. The summed E-state index contributed by atoms with van der Waals surface area (Å²) in [7, 11) is 1.48. The minimum atomic E-state index is -0.586. The molecule has 2 aromatic rings. The molecule has 0 bridgehead atoms. The van der Waals surface area contributed by atoms with Crippen LogP contribution in [0.2, 0.25) is 0 Å². The summed E-state index contributed by atoms with van der Waals surface area (Å²) >= 11 is 0. The van der Waals surface area contributed by atoms with E-state index in [1.54, 1.807) is 19.1 Å². The highest BCUT2D eigenvalue weighted by Gasteiger charge is 2.36. The van der Waals surface area contributed by atoms with E-state index < -0.39 is 6.04 Å². The van der Waals surface area contributed by atoms with Crippen LogP contribution in [0, 0.1) is 0 Å². The summed E-state index contributed by atoms with van der Waals surface area (Å²) in [6, 6.07) is 4.34. The molecule has 1 fully saturated rings. The topological polar surface area (TPSA) is 111 Å². The number of hydrogen-bond acceptors (Lipinski definition) is 8. The van der Waals surface area contributed by atoms with E-state index in [0.717, 1.165) is 25.7 Å². The van der Waals surface area contributed by atoms with Crippen molar-refractivity contribution in [2.75, 3.05) is 12.4 Å². The summed E-state index contributed by atoms with van der Waals surface area (Å²) in [6.07, 6.45) is 5.04. The number of carbonyl (C=O) groups is 1. The van der Waals surface area contributed by atoms with Gasteiger partial charge in [-0.05, 0) is 60.7 Å². The number of benzene rings is 1. The van der Waals surface area contributed by atoms with E-state index in [2.05, 4.69) is 20.8 Å². The number of nitrogens with one attached hydrogen (secondary N) is 1. The molecule has 0 spiro atoms. The molecule has 28 heavy (non-hydrogen) atoms. The van der Waals surface area contributed by atoms with Crippen LogP contribution in [-0.2, 0) is 9.53 Å². The Balaban J connectivity index is 1.73. The van der Waals surface area contributed by atoms with Crippen molar-refractivity contribution < 1.29 is 19.4 Å². The van der Waals surface area contributed by atoms with Crippen LogP contribution in [-0.4, -0.2) is 44.5 Å². The minimum Gasteiger partial charge on any atom is -0.504 e. The molecule has 1 aromatic heterocycles. The number of phenolic OH excluding ortho intramolecular Hbond substituents is 1. The number of aromatic nitrogens is 4. The van der Waals surface area contributed by atoms with E-state index in [9.17, 15) is 9.90 Å². The zero-order valence-corrected chi connectivity index (χ0v) is 15.9. The number of fused-ring (bicyclic) bond motifs is 1. The van der Waals surface area contributed by atoms with Gasteiger partial charge < -0.3 is 19.9 Å². The van der Waals surface area contributed by atoms with E-state index in [1.165, 1.54) is 24.3 Å². The average molecular weight is 385 g/mol. The van der Waals surface area contributed by atoms with Crippen LogP contribution in [0.15, 0.2) is 29.5 Å². The van der Waals surface area contributed by atoms with Gasteiger partial charge in [-0.15, -0.1) is 0 Å². The molecular formula is C19H23N5O4. The molecule has 0 amide bonds. The van der Waals surface area contributed by atoms with Gasteiger partial charge in [0.15, 0.2) is 11.5 Å². The average Bonchev–Trinajstić information content (AvgIpc) is 3.16. The fourth-order valence-corrected chi connectivity index (χ4v) is 3.85. The molecule has 2 N–H and O–H groups in total. The molecule has 1 atom stereocenters. The predicted octanol–water partition coefficient (Wildman–Crippen LogP) is 2.55. The number of ether oxygens (including phenoxy) is 2. The highest BCUT2D eigenvalue weighted by atomic mass is 16.5. The van der Waals surface area contributed by atoms with Crippen LogP contribution in [0.5, 0.6) is 11.5 Å². The molecule has 1 aromatic carbocycles. The Hall–Kier alpha value is -3.10. The number of aromatic hydroxyl groups is 1. The van der Waals surface area contributed by atoms with Crippen LogP contribution in [0.1, 0.15) is 50.6 Å². The van der Waals surface area contributed by atoms with Crippen LogP contribution < -0.4 is 10.1 Å². The minimum absolute atomic E-state index is 0.0177. The van der Waals surface area contributed by atoms with Crippen LogP contribution in [0.4, 0.5) is 5.95 Å². The molecule has 9 nitrogen and oxygen atoms in total. The van der Waals surface area contributed by atoms with Gasteiger partial charge in [-0.3, -0.25) is 0 Å². The first-order chi connectivity index (χ1) is 13.6. The maximum Gasteiger partial charge on any atom is 0.338 e. The molecule has 0 unspecified atom stereocenters. The van der Waals surface area contributed by atoms with E-state index in [0.29, 0.717) is 28.5 Å². The maximum atomic E-state index is 13.1. The number of allylic oxidation sites excluding steroid dienone is 1. The maximum absolute atomic E-state index is 13.1. The first-order valence-corrected chi connectivity index (χ1v) is 9.42. The van der Waals surface area contributed by atoms with Crippen LogP contribution >= 0.6 is 0 Å². The Kier molecular flexibility index (Phi) is 4.89. The van der Waals surface area contributed by atoms with Gasteiger partial charge in [0.05, 0.1) is 12.7 Å². The number of tetrazole rings is 1. The molecule has 4 rings (SSSR count). The highest BCUT2D eigenvalue weighted by molar-refractivity contribution is 5.92. The van der Waals surface area contributed by atoms with E-state index in [1.807, 2.05) is 0 Å². The third-order valence-corrected chi connectivity index (χ3v) is 5.28. The van der Waals surface area contributed by atoms with Gasteiger partial charge in [-0.25, -0.2) is 4.79 Å². The Morgan fingerprint density at radius 3 is 2.82 bits per heavy atom. The lowest BCUT2D eigenvalue weighted by atomic mass is 9.94. The second kappa shape index (κ2) is 7.49. The molecule has 1 aliphatic carbocycles. The van der Waals surface area contributed by atoms with Crippen molar-refractivity contribution >= 4 is 11.9 Å². The first-order valence-electron chi connectivity index (χ1n) is 9.42. The van der Waals surface area contributed by atoms with Gasteiger partial charge in [0.25, 0.3) is 0 Å². The van der Waals surface area contributed by atoms with Gasteiger partial charge in [0.2, 0.25) is 5.95 Å². The molecule has 2 heterocycles. The predicted molar refractivity (Wildman–Crippen MR) is 99.9 cm³/mol. The van der Waals surface area contributed by atoms with E-state index in [-0.39, 0.29) is 17.8 Å². The highest BCUT2D eigenvalue weighted by Crippen LogP contribution is 2.38. The molecule has 1 saturated carbocycles. The number of anilines is 1. The Morgan fingerprint density at radius 2 is 2.07 bits per heavy atom. The fraction of sp³-hybridized carbons (Fsp3) is 0.474. The summed E-state index contributed by atoms with van der Waals surface area (Å²) in [5.41, 5.74) is 1.79. The fourth-order valence-electron chi connectivity index (χ4n) is 3.85. The number of esters is 1. The summed E-state index contributed by atoms with van der Waals surface area (Å²) in [5.74, 6) is 0.381. The Morgan fingerprint density at radius 1 is 1.29 bits per heavy atom. The van der Waals surface area contributed by atoms with Crippen LogP contribution in [0.25, 0.3) is 0 Å². The van der Waals surface area contributed by atoms with Crippen molar-refractivity contribution in [2.45, 2.75) is 51.2 Å². The first kappa shape index (κ1) is 18.3. The van der Waals surface area contributed by atoms with E-state index in [4.69, 9.17) is 9.47 Å². The molecule has 9 heteroatoms. The number of hydrogen-bond donors (Lipinski definition) is 2. The van der Waals surface area contributed by atoms with Crippen molar-refractivity contribution in [3.63, 3.8) is 0 Å². The summed E-state index contributed by atoms with van der Waals surface area (Å²) in [4.78, 5) is 13.1. The normalized spacial score (nSPS) is 19.7. The second-order valence-electron chi connectivity index (χ2n) is 7.11. The quantitative estimate of drug-likeness (QED) is 0.773. The number of carbonyl (C=O) groups excluding carboxylic acids is 1. The molecule has 0 saturated heterocycles. The third-order valence-electron chi connectivity index (χ3n) is 5.28. The lowest BCUT2D eigenvalue weighted by molar-refractivity contribution is -0.146. The molecular weight excluding hydrogens is 362 g/mol. The van der Waals surface area contributed by atoms with Crippen molar-refractivity contribution in [3.8, 4) is 11.5 Å². The largest absolute Gasteiger partial charge is 0.504 e. The van der Waals surface area contributed by atoms with Gasteiger partial charge in [-0.2, -0.15) is 4.68 Å². The number of rotatable bonds is 4. The molecule has 0 radical (unpaired) electrons. The van der Waals surface area contributed by atoms with Crippen molar-refractivity contribution in [1.82, 2.24) is 20.2 Å². The molecule has 2 aliphatic rings. The Bertz CT molecular complexity index is 917. The van der Waals surface area contributed by atoms with E-state index >= 15 is 0 Å². The zero-order chi connectivity index (χ0) is 19.7. The summed E-state index contributed by atoms with van der Waals surface area (Å²) in [5, 5.41) is 24.8. The van der Waals surface area contributed by atoms with Crippen molar-refractivity contribution in [3.05, 3.63) is 35.0 Å². The lowest BCUT2D eigenvalue weighted by Crippen LogP contribution is -2.32. The molecule has 148 valence electrons. The lowest BCUT2D eigenvalue weighted by Gasteiger charge is -2.29. The van der Waals surface area contributed by atoms with Crippen molar-refractivity contribution in [1.29, 1.82) is 0 Å². The zero-order valence-electron chi connectivity index (χ0n) is 15.9. The van der Waals surface area contributed by atoms with Gasteiger partial charge in [0, 0.05) is 5.70 Å². The summed E-state index contributed by atoms with van der Waals surface area (Å²) < 4.78 is 12.6. The Labute approximate surface area is 162 Å². The van der Waals surface area contributed by atoms with Gasteiger partial charge >= 0.3 is 5.97 Å². The van der Waals surface area contributed by atoms with Crippen molar-refractivity contribution in [2.24, 2.45) is 0 Å². The molecule has 1 aliphatic heterocycles. The third kappa shape index (κ3) is 3.28. The number of phenols is 1. The summed E-state index contributed by atoms with van der Waals surface area (Å²) in [6.45, 7) is 1.81. The monoisotopic (exact) mass is 385 g/mol. The number of methoxy groups -OCH3 is 1. The van der Waals surface area contributed by atoms with Gasteiger partial charge in [0.1, 0.15) is 12.1 Å².